The first kappa shape index (κ1) is 13.8. The van der Waals surface area contributed by atoms with Crippen LogP contribution in [0.4, 0.5) is 0 Å². The van der Waals surface area contributed by atoms with E-state index in [4.69, 9.17) is 14.9 Å². The van der Waals surface area contributed by atoms with Gasteiger partial charge in [0.1, 0.15) is 37.4 Å². The predicted octanol–water partition coefficient (Wildman–Crippen LogP) is -2.51. The normalized spacial score (nSPS) is 33.1. The van der Waals surface area contributed by atoms with Gasteiger partial charge in [-0.2, -0.15) is 0 Å². The molecule has 0 spiro atoms. The van der Waals surface area contributed by atoms with Crippen molar-refractivity contribution < 1.29 is 39.5 Å². The number of rotatable bonds is 4. The topological polar surface area (TPSA) is 134 Å². The van der Waals surface area contributed by atoms with Crippen molar-refractivity contribution in [2.24, 2.45) is 0 Å². The highest BCUT2D eigenvalue weighted by molar-refractivity contribution is 5.90. The number of ether oxygens (including phenoxy) is 2. The second-order valence-corrected chi connectivity index (χ2v) is 3.67. The Morgan fingerprint density at radius 3 is 2.47 bits per heavy atom. The first-order valence-corrected chi connectivity index (χ1v) is 4.95. The number of aliphatic hydroxyl groups excluding tert-OH is 3. The zero-order valence-electron chi connectivity index (χ0n) is 8.85. The fraction of sp³-hybridized carbons (Fsp3) is 0.778. The Hall–Kier alpha value is -1.22. The third kappa shape index (κ3) is 3.93. The van der Waals surface area contributed by atoms with Gasteiger partial charge in [-0.25, -0.2) is 0 Å². The summed E-state index contributed by atoms with van der Waals surface area (Å²) in [6.07, 6.45) is -5.74. The molecule has 4 atom stereocenters. The van der Waals surface area contributed by atoms with Crippen LogP contribution in [0.3, 0.4) is 0 Å². The summed E-state index contributed by atoms with van der Waals surface area (Å²) in [5.41, 5.74) is 0. The predicted molar refractivity (Wildman–Crippen MR) is 51.0 cm³/mol. The third-order valence-electron chi connectivity index (χ3n) is 2.31. The lowest BCUT2D eigenvalue weighted by molar-refractivity contribution is -0.201. The first-order valence-electron chi connectivity index (χ1n) is 4.95. The van der Waals surface area contributed by atoms with Gasteiger partial charge in [0.05, 0.1) is 6.61 Å². The van der Waals surface area contributed by atoms with Crippen LogP contribution in [-0.4, -0.2) is 70.0 Å². The minimum absolute atomic E-state index is 0.195. The number of carboxylic acids is 1. The van der Waals surface area contributed by atoms with Gasteiger partial charge in [-0.15, -0.1) is 0 Å². The summed E-state index contributed by atoms with van der Waals surface area (Å²) in [4.78, 5) is 21.1. The monoisotopic (exact) mass is 250 g/mol. The summed E-state index contributed by atoms with van der Waals surface area (Å²) in [6, 6.07) is 0. The van der Waals surface area contributed by atoms with Crippen molar-refractivity contribution in [2.75, 3.05) is 13.2 Å². The number of carboxylic acid groups (broad SMARTS) is 1. The van der Waals surface area contributed by atoms with Gasteiger partial charge in [0.2, 0.25) is 0 Å². The fourth-order valence-electron chi connectivity index (χ4n) is 1.36. The summed E-state index contributed by atoms with van der Waals surface area (Å²) in [6.45, 7) is -0.573. The van der Waals surface area contributed by atoms with E-state index in [-0.39, 0.29) is 13.2 Å². The van der Waals surface area contributed by atoms with Gasteiger partial charge >= 0.3 is 11.9 Å². The number of aliphatic hydroxyl groups is 3. The van der Waals surface area contributed by atoms with E-state index in [9.17, 15) is 19.8 Å². The molecule has 1 aliphatic rings. The van der Waals surface area contributed by atoms with E-state index in [2.05, 4.69) is 4.74 Å². The Morgan fingerprint density at radius 2 is 1.88 bits per heavy atom. The largest absolute Gasteiger partial charge is 0.481 e. The molecule has 0 aromatic carbocycles. The number of carbonyl (C=O) groups is 2. The minimum atomic E-state index is -1.39. The lowest BCUT2D eigenvalue weighted by atomic mass is 10.0. The fourth-order valence-corrected chi connectivity index (χ4v) is 1.36. The van der Waals surface area contributed by atoms with Crippen molar-refractivity contribution in [1.82, 2.24) is 0 Å². The Kier molecular flexibility index (Phi) is 4.82. The van der Waals surface area contributed by atoms with Crippen LogP contribution in [0.25, 0.3) is 0 Å². The summed E-state index contributed by atoms with van der Waals surface area (Å²) in [5.74, 6) is -2.29. The molecule has 1 saturated heterocycles. The number of hydrogen-bond donors (Lipinski definition) is 4. The number of hydrogen-bond acceptors (Lipinski definition) is 7. The average Bonchev–Trinajstić information content (AvgIpc) is 2.24. The molecular formula is C9H14O8. The molecule has 17 heavy (non-hydrogen) atoms. The number of aliphatic carboxylic acids is 1. The minimum Gasteiger partial charge on any atom is -0.481 e. The lowest BCUT2D eigenvalue weighted by Gasteiger charge is -2.34. The standard InChI is InChI=1S/C9H14O8/c10-4-2-16-5(9(15)8(4)14)3-17-7(13)1-6(11)12/h4-5,8-10,14-15H,1-3H2,(H,11,12)/t4?,5-,8-,9-/m1/s1. The Morgan fingerprint density at radius 1 is 1.24 bits per heavy atom. The van der Waals surface area contributed by atoms with Crippen LogP contribution in [0, 0.1) is 0 Å². The van der Waals surface area contributed by atoms with Gasteiger partial charge in [0, 0.05) is 0 Å². The molecule has 0 aromatic rings. The van der Waals surface area contributed by atoms with Crippen molar-refractivity contribution in [2.45, 2.75) is 30.8 Å². The zero-order valence-corrected chi connectivity index (χ0v) is 8.85. The highest BCUT2D eigenvalue weighted by atomic mass is 16.6. The van der Waals surface area contributed by atoms with E-state index in [1.54, 1.807) is 0 Å². The molecule has 8 nitrogen and oxygen atoms in total. The summed E-state index contributed by atoms with van der Waals surface area (Å²) in [7, 11) is 0. The van der Waals surface area contributed by atoms with Crippen LogP contribution >= 0.6 is 0 Å². The van der Waals surface area contributed by atoms with E-state index in [0.29, 0.717) is 0 Å². The zero-order chi connectivity index (χ0) is 13.0. The van der Waals surface area contributed by atoms with E-state index >= 15 is 0 Å². The highest BCUT2D eigenvalue weighted by Crippen LogP contribution is 2.15. The van der Waals surface area contributed by atoms with Crippen molar-refractivity contribution in [3.63, 3.8) is 0 Å². The van der Waals surface area contributed by atoms with Gasteiger partial charge in [-0.05, 0) is 0 Å². The second-order valence-electron chi connectivity index (χ2n) is 3.67. The smallest absolute Gasteiger partial charge is 0.317 e. The quantitative estimate of drug-likeness (QED) is 0.317. The van der Waals surface area contributed by atoms with Gasteiger partial charge in [-0.1, -0.05) is 0 Å². The summed E-state index contributed by atoms with van der Waals surface area (Å²) >= 11 is 0. The first-order chi connectivity index (χ1) is 7.91. The van der Waals surface area contributed by atoms with E-state index in [1.165, 1.54) is 0 Å². The summed E-state index contributed by atoms with van der Waals surface area (Å²) < 4.78 is 9.49. The van der Waals surface area contributed by atoms with Gasteiger partial charge in [-0.3, -0.25) is 9.59 Å². The molecule has 1 fully saturated rings. The lowest BCUT2D eigenvalue weighted by Crippen LogP contribution is -2.54. The molecule has 8 heteroatoms. The molecule has 1 heterocycles. The van der Waals surface area contributed by atoms with Crippen molar-refractivity contribution in [3.05, 3.63) is 0 Å². The van der Waals surface area contributed by atoms with Crippen LogP contribution < -0.4 is 0 Å². The molecular weight excluding hydrogens is 236 g/mol. The highest BCUT2D eigenvalue weighted by Gasteiger charge is 2.38. The molecule has 0 radical (unpaired) electrons. The molecule has 1 aliphatic heterocycles. The van der Waals surface area contributed by atoms with Crippen LogP contribution in [0.15, 0.2) is 0 Å². The van der Waals surface area contributed by atoms with Crippen LogP contribution in [0.1, 0.15) is 6.42 Å². The van der Waals surface area contributed by atoms with Crippen LogP contribution in [0.5, 0.6) is 0 Å². The molecule has 1 rings (SSSR count). The van der Waals surface area contributed by atoms with Crippen LogP contribution in [-0.2, 0) is 19.1 Å². The molecule has 0 bridgehead atoms. The molecule has 4 N–H and O–H groups in total. The molecule has 0 amide bonds. The second kappa shape index (κ2) is 5.92. The summed E-state index contributed by atoms with van der Waals surface area (Å²) in [5, 5.41) is 36.2. The molecule has 98 valence electrons. The van der Waals surface area contributed by atoms with Crippen LogP contribution in [0.2, 0.25) is 0 Å². The van der Waals surface area contributed by atoms with Gasteiger partial charge in [0.25, 0.3) is 0 Å². The maximum absolute atomic E-state index is 10.9. The molecule has 1 unspecified atom stereocenters. The van der Waals surface area contributed by atoms with E-state index < -0.39 is 42.8 Å². The van der Waals surface area contributed by atoms with Gasteiger partial charge < -0.3 is 29.9 Å². The van der Waals surface area contributed by atoms with Crippen molar-refractivity contribution in [1.29, 1.82) is 0 Å². The van der Waals surface area contributed by atoms with Gasteiger partial charge in [0.15, 0.2) is 0 Å². The Balaban J connectivity index is 2.37. The number of esters is 1. The average molecular weight is 250 g/mol. The van der Waals surface area contributed by atoms with Crippen molar-refractivity contribution in [3.8, 4) is 0 Å². The molecule has 0 aromatic heterocycles. The maximum Gasteiger partial charge on any atom is 0.317 e. The van der Waals surface area contributed by atoms with Crippen molar-refractivity contribution >= 4 is 11.9 Å². The van der Waals surface area contributed by atoms with E-state index in [1.807, 2.05) is 0 Å². The SMILES string of the molecule is O=C(O)CC(=O)OC[C@H]1OCC(O)[C@@H](O)[C@@H]1O. The third-order valence-corrected chi connectivity index (χ3v) is 2.31. The Bertz CT molecular complexity index is 291. The molecule has 0 aliphatic carbocycles. The Labute approximate surface area is 96.4 Å². The molecule has 0 saturated carbocycles. The maximum atomic E-state index is 10.9. The number of carbonyl (C=O) groups excluding carboxylic acids is 1. The van der Waals surface area contributed by atoms with E-state index in [0.717, 1.165) is 0 Å².